The lowest BCUT2D eigenvalue weighted by atomic mass is 9.72. The minimum Gasteiger partial charge on any atom is -0.481 e. The predicted octanol–water partition coefficient (Wildman–Crippen LogP) is 4.88. The third-order valence-corrected chi connectivity index (χ3v) is 7.80. The number of anilines is 1. The number of esters is 1. The van der Waals surface area contributed by atoms with Gasteiger partial charge in [-0.05, 0) is 74.3 Å². The van der Waals surface area contributed by atoms with Crippen molar-refractivity contribution < 1.29 is 29.0 Å². The maximum atomic E-state index is 13.1. The summed E-state index contributed by atoms with van der Waals surface area (Å²) in [6.07, 6.45) is 2.41. The van der Waals surface area contributed by atoms with Gasteiger partial charge in [0.25, 0.3) is 11.8 Å². The second kappa shape index (κ2) is 10.2. The third-order valence-electron chi connectivity index (χ3n) is 7.80. The van der Waals surface area contributed by atoms with Gasteiger partial charge in [-0.1, -0.05) is 38.1 Å². The summed E-state index contributed by atoms with van der Waals surface area (Å²) in [5.41, 5.74) is 2.75. The van der Waals surface area contributed by atoms with Crippen molar-refractivity contribution in [3.63, 3.8) is 0 Å². The van der Waals surface area contributed by atoms with E-state index in [-0.39, 0.29) is 17.8 Å². The van der Waals surface area contributed by atoms with Crippen molar-refractivity contribution in [2.75, 3.05) is 19.0 Å². The number of nitrogens with zero attached hydrogens (tertiary/aromatic N) is 1. The molecule has 2 aromatic carbocycles. The molecule has 2 amide bonds. The molecule has 2 aliphatic rings. The van der Waals surface area contributed by atoms with E-state index in [4.69, 9.17) is 4.74 Å². The van der Waals surface area contributed by atoms with Crippen LogP contribution in [0.2, 0.25) is 0 Å². The van der Waals surface area contributed by atoms with Crippen LogP contribution in [0.3, 0.4) is 0 Å². The lowest BCUT2D eigenvalue weighted by Gasteiger charge is -2.32. The van der Waals surface area contributed by atoms with Gasteiger partial charge in [-0.25, -0.2) is 4.79 Å². The van der Waals surface area contributed by atoms with Crippen molar-refractivity contribution in [3.05, 3.63) is 64.7 Å². The molecule has 8 heteroatoms. The molecule has 0 radical (unpaired) electrons. The number of carbonyl (C=O) groups is 4. The maximum Gasteiger partial charge on any atom is 0.329 e. The maximum absolute atomic E-state index is 13.1. The summed E-state index contributed by atoms with van der Waals surface area (Å²) in [5, 5.41) is 12.9. The van der Waals surface area contributed by atoms with Gasteiger partial charge in [0.05, 0.1) is 23.7 Å². The first-order valence-corrected chi connectivity index (χ1v) is 13.0. The van der Waals surface area contributed by atoms with Crippen LogP contribution in [0.15, 0.2) is 42.5 Å². The van der Waals surface area contributed by atoms with E-state index in [1.165, 1.54) is 7.11 Å². The lowest BCUT2D eigenvalue weighted by Crippen LogP contribution is -2.46. The van der Waals surface area contributed by atoms with Crippen LogP contribution in [0.5, 0.6) is 0 Å². The summed E-state index contributed by atoms with van der Waals surface area (Å²) in [6, 6.07) is 11.8. The highest BCUT2D eigenvalue weighted by atomic mass is 16.5. The minimum atomic E-state index is -1.04. The van der Waals surface area contributed by atoms with E-state index in [1.807, 2.05) is 6.07 Å². The number of hydrogen-bond acceptors (Lipinski definition) is 6. The number of ether oxygens (including phenoxy) is 1. The smallest absolute Gasteiger partial charge is 0.329 e. The number of carbonyl (C=O) groups excluding carboxylic acids is 3. The Morgan fingerprint density at radius 1 is 1.08 bits per heavy atom. The summed E-state index contributed by atoms with van der Waals surface area (Å²) in [6.45, 7) is 8.29. The van der Waals surface area contributed by atoms with Crippen molar-refractivity contribution in [2.24, 2.45) is 10.8 Å². The zero-order chi connectivity index (χ0) is 27.8. The Balaban J connectivity index is 1.52. The highest BCUT2D eigenvalue weighted by Gasteiger charge is 2.44. The van der Waals surface area contributed by atoms with Gasteiger partial charge in [-0.3, -0.25) is 19.3 Å². The van der Waals surface area contributed by atoms with Gasteiger partial charge in [0.15, 0.2) is 0 Å². The minimum absolute atomic E-state index is 0.0997. The monoisotopic (exact) mass is 520 g/mol. The lowest BCUT2D eigenvalue weighted by molar-refractivity contribution is -0.148. The molecule has 202 valence electrons. The van der Waals surface area contributed by atoms with Crippen molar-refractivity contribution >= 4 is 29.4 Å². The number of aryl methyl sites for hydroxylation is 1. The summed E-state index contributed by atoms with van der Waals surface area (Å²) >= 11 is 0. The van der Waals surface area contributed by atoms with Gasteiger partial charge in [-0.15, -0.1) is 0 Å². The van der Waals surface area contributed by atoms with Gasteiger partial charge in [-0.2, -0.15) is 0 Å². The SMILES string of the molecule is COC(=O)[C@H](CC1CNc2ccc(CCC(C)(C)CC(C)(C)C(=O)O)cc21)N1C(=O)c2ccccc2C1=O. The molecule has 2 aromatic rings. The number of hydrogen-bond donors (Lipinski definition) is 2. The molecule has 2 atom stereocenters. The number of amides is 2. The Bertz CT molecular complexity index is 1250. The van der Waals surface area contributed by atoms with E-state index in [2.05, 4.69) is 31.3 Å². The van der Waals surface area contributed by atoms with E-state index in [1.54, 1.807) is 38.1 Å². The molecule has 2 heterocycles. The molecule has 0 spiro atoms. The van der Waals surface area contributed by atoms with Crippen molar-refractivity contribution in [1.82, 2.24) is 4.90 Å². The van der Waals surface area contributed by atoms with Gasteiger partial charge in [0.2, 0.25) is 0 Å². The average molecular weight is 521 g/mol. The van der Waals surface area contributed by atoms with E-state index >= 15 is 0 Å². The number of imide groups is 1. The molecule has 0 saturated heterocycles. The Labute approximate surface area is 223 Å². The van der Waals surface area contributed by atoms with Crippen LogP contribution in [0.25, 0.3) is 0 Å². The highest BCUT2D eigenvalue weighted by molar-refractivity contribution is 6.22. The third kappa shape index (κ3) is 5.30. The molecule has 0 fully saturated rings. The molecular weight excluding hydrogens is 484 g/mol. The molecule has 0 bridgehead atoms. The van der Waals surface area contributed by atoms with Crippen LogP contribution in [-0.4, -0.2) is 53.5 Å². The predicted molar refractivity (Wildman–Crippen MR) is 143 cm³/mol. The number of nitrogens with one attached hydrogen (secondary N) is 1. The number of benzene rings is 2. The summed E-state index contributed by atoms with van der Waals surface area (Å²) < 4.78 is 5.03. The molecule has 8 nitrogen and oxygen atoms in total. The molecule has 1 unspecified atom stereocenters. The zero-order valence-corrected chi connectivity index (χ0v) is 22.7. The summed E-state index contributed by atoms with van der Waals surface area (Å²) in [4.78, 5) is 51.7. The number of carboxylic acid groups (broad SMARTS) is 1. The van der Waals surface area contributed by atoms with Crippen LogP contribution in [-0.2, 0) is 20.7 Å². The fourth-order valence-corrected chi connectivity index (χ4v) is 5.87. The summed E-state index contributed by atoms with van der Waals surface area (Å²) in [7, 11) is 1.26. The van der Waals surface area contributed by atoms with Crippen molar-refractivity contribution in [1.29, 1.82) is 0 Å². The average Bonchev–Trinajstić information content (AvgIpc) is 3.38. The molecule has 0 aliphatic carbocycles. The van der Waals surface area contributed by atoms with E-state index in [0.717, 1.165) is 34.6 Å². The molecule has 4 rings (SSSR count). The molecule has 0 aromatic heterocycles. The number of aliphatic carboxylic acids is 1. The quantitative estimate of drug-likeness (QED) is 0.339. The highest BCUT2D eigenvalue weighted by Crippen LogP contribution is 2.40. The fourth-order valence-electron chi connectivity index (χ4n) is 5.87. The van der Waals surface area contributed by atoms with Crippen molar-refractivity contribution in [2.45, 2.75) is 65.3 Å². The Morgan fingerprint density at radius 3 is 2.29 bits per heavy atom. The molecule has 38 heavy (non-hydrogen) atoms. The zero-order valence-electron chi connectivity index (χ0n) is 22.7. The number of rotatable bonds is 10. The Kier molecular flexibility index (Phi) is 7.37. The van der Waals surface area contributed by atoms with Gasteiger partial charge in [0, 0.05) is 18.2 Å². The second-order valence-corrected chi connectivity index (χ2v) is 11.8. The van der Waals surface area contributed by atoms with Crippen LogP contribution in [0.1, 0.15) is 84.7 Å². The Hall–Kier alpha value is -3.68. The van der Waals surface area contributed by atoms with Gasteiger partial charge in [0.1, 0.15) is 6.04 Å². The molecule has 0 saturated carbocycles. The normalized spacial score (nSPS) is 17.6. The number of fused-ring (bicyclic) bond motifs is 2. The van der Waals surface area contributed by atoms with Crippen LogP contribution >= 0.6 is 0 Å². The van der Waals surface area contributed by atoms with Crippen LogP contribution < -0.4 is 5.32 Å². The first kappa shape index (κ1) is 27.4. The van der Waals surface area contributed by atoms with Crippen LogP contribution in [0.4, 0.5) is 5.69 Å². The largest absolute Gasteiger partial charge is 0.481 e. The first-order chi connectivity index (χ1) is 17.8. The van der Waals surface area contributed by atoms with Gasteiger partial charge >= 0.3 is 11.9 Å². The van der Waals surface area contributed by atoms with Crippen molar-refractivity contribution in [3.8, 4) is 0 Å². The number of methoxy groups -OCH3 is 1. The number of carboxylic acids is 1. The fraction of sp³-hybridized carbons (Fsp3) is 0.467. The molecule has 2 N–H and O–H groups in total. The van der Waals surface area contributed by atoms with E-state index in [0.29, 0.717) is 24.1 Å². The molecule has 2 aliphatic heterocycles. The van der Waals surface area contributed by atoms with Gasteiger partial charge < -0.3 is 15.2 Å². The summed E-state index contributed by atoms with van der Waals surface area (Å²) in [5.74, 6) is -2.47. The van der Waals surface area contributed by atoms with E-state index in [9.17, 15) is 24.3 Å². The second-order valence-electron chi connectivity index (χ2n) is 11.8. The topological polar surface area (TPSA) is 113 Å². The van der Waals surface area contributed by atoms with Crippen LogP contribution in [0, 0.1) is 10.8 Å². The standard InChI is InChI=1S/C30H36N2O6/c1-29(2,17-30(3,4)28(36)37)13-12-18-10-11-23-22(14-18)19(16-31-23)15-24(27(35)38-5)32-25(33)20-8-6-7-9-21(20)26(32)34/h6-11,14,19,24,31H,12-13,15-17H2,1-5H3,(H,36,37)/t19?,24-/m0/s1. The first-order valence-electron chi connectivity index (χ1n) is 13.0. The molecular formula is C30H36N2O6. The van der Waals surface area contributed by atoms with E-state index < -0.39 is 35.2 Å². The Morgan fingerprint density at radius 2 is 1.71 bits per heavy atom.